The van der Waals surface area contributed by atoms with Crippen molar-refractivity contribution in [2.45, 2.75) is 24.4 Å². The van der Waals surface area contributed by atoms with Gasteiger partial charge in [-0.2, -0.15) is 5.26 Å². The summed E-state index contributed by atoms with van der Waals surface area (Å²) in [6.07, 6.45) is 0.401. The van der Waals surface area contributed by atoms with E-state index >= 15 is 0 Å². The van der Waals surface area contributed by atoms with Crippen molar-refractivity contribution in [3.8, 4) is 17.2 Å². The third kappa shape index (κ3) is 2.82. The van der Waals surface area contributed by atoms with Crippen LogP contribution in [-0.4, -0.2) is 36.0 Å². The smallest absolute Gasteiger partial charge is 0.279 e. The Bertz CT molecular complexity index is 933. The number of halogens is 4. The van der Waals surface area contributed by atoms with E-state index in [9.17, 15) is 13.2 Å². The summed E-state index contributed by atoms with van der Waals surface area (Å²) >= 11 is 6.54. The van der Waals surface area contributed by atoms with Crippen molar-refractivity contribution in [3.63, 3.8) is 0 Å². The summed E-state index contributed by atoms with van der Waals surface area (Å²) in [4.78, 5) is 1.78. The van der Waals surface area contributed by atoms with Crippen molar-refractivity contribution in [1.29, 1.82) is 5.26 Å². The molecule has 2 aliphatic rings. The second-order valence-electron chi connectivity index (χ2n) is 7.10. The normalized spacial score (nSPS) is 24.0. The van der Waals surface area contributed by atoms with Gasteiger partial charge < -0.3 is 5.32 Å². The predicted octanol–water partition coefficient (Wildman–Crippen LogP) is 4.20. The van der Waals surface area contributed by atoms with Crippen LogP contribution in [0.3, 0.4) is 0 Å². The first kappa shape index (κ1) is 18.3. The summed E-state index contributed by atoms with van der Waals surface area (Å²) in [5.41, 5.74) is 0.700. The molecule has 1 spiro atoms. The van der Waals surface area contributed by atoms with Gasteiger partial charge in [-0.05, 0) is 36.2 Å². The summed E-state index contributed by atoms with van der Waals surface area (Å²) in [5.74, 6) is -3.33. The summed E-state index contributed by atoms with van der Waals surface area (Å²) < 4.78 is 42.4. The van der Waals surface area contributed by atoms with E-state index in [2.05, 4.69) is 5.32 Å². The monoisotopic (exact) mass is 391 g/mol. The van der Waals surface area contributed by atoms with Gasteiger partial charge in [0.05, 0.1) is 17.1 Å². The Balaban J connectivity index is 1.64. The molecule has 2 aliphatic heterocycles. The number of likely N-dealkylation sites (tertiary alicyclic amines) is 1. The summed E-state index contributed by atoms with van der Waals surface area (Å²) in [6, 6.07) is 11.4. The highest BCUT2D eigenvalue weighted by atomic mass is 35.5. The Morgan fingerprint density at radius 1 is 1.26 bits per heavy atom. The van der Waals surface area contributed by atoms with Crippen LogP contribution < -0.4 is 5.32 Å². The van der Waals surface area contributed by atoms with Gasteiger partial charge >= 0.3 is 0 Å². The van der Waals surface area contributed by atoms with Gasteiger partial charge in [0, 0.05) is 18.7 Å². The van der Waals surface area contributed by atoms with Gasteiger partial charge in [0.1, 0.15) is 17.4 Å². The van der Waals surface area contributed by atoms with E-state index in [0.29, 0.717) is 35.7 Å². The third-order valence-electron chi connectivity index (χ3n) is 5.65. The highest BCUT2D eigenvalue weighted by Gasteiger charge is 2.67. The van der Waals surface area contributed by atoms with Crippen LogP contribution >= 0.6 is 11.6 Å². The second kappa shape index (κ2) is 6.52. The number of nitrogens with zero attached hydrogens (tertiary/aromatic N) is 2. The molecule has 0 aliphatic carbocycles. The molecular weight excluding hydrogens is 375 g/mol. The molecule has 2 heterocycles. The number of benzene rings is 2. The molecule has 4 rings (SSSR count). The van der Waals surface area contributed by atoms with Crippen molar-refractivity contribution in [2.75, 3.05) is 19.6 Å². The van der Waals surface area contributed by atoms with Gasteiger partial charge in [-0.1, -0.05) is 35.9 Å². The Morgan fingerprint density at radius 2 is 2.07 bits per heavy atom. The zero-order chi connectivity index (χ0) is 19.2. The number of hydrogen-bond acceptors (Lipinski definition) is 3. The van der Waals surface area contributed by atoms with E-state index in [1.807, 2.05) is 0 Å². The lowest BCUT2D eigenvalue weighted by atomic mass is 9.79. The minimum atomic E-state index is -2.71. The Kier molecular flexibility index (Phi) is 4.42. The van der Waals surface area contributed by atoms with Crippen molar-refractivity contribution in [3.05, 3.63) is 58.4 Å². The van der Waals surface area contributed by atoms with Crippen LogP contribution in [0, 0.1) is 17.1 Å². The third-order valence-corrected chi connectivity index (χ3v) is 6.10. The van der Waals surface area contributed by atoms with Crippen molar-refractivity contribution < 1.29 is 13.2 Å². The molecule has 140 valence electrons. The zero-order valence-electron chi connectivity index (χ0n) is 14.4. The minimum absolute atomic E-state index is 0.0375. The van der Waals surface area contributed by atoms with Gasteiger partial charge in [-0.3, -0.25) is 4.90 Å². The molecular formula is C20H17ClF3N3. The van der Waals surface area contributed by atoms with E-state index in [1.54, 1.807) is 35.2 Å². The molecule has 1 atom stereocenters. The number of rotatable bonds is 3. The van der Waals surface area contributed by atoms with E-state index in [1.165, 1.54) is 12.1 Å². The molecule has 2 saturated heterocycles. The first-order valence-corrected chi connectivity index (χ1v) is 9.07. The van der Waals surface area contributed by atoms with Crippen molar-refractivity contribution >= 4 is 11.6 Å². The fourth-order valence-corrected chi connectivity index (χ4v) is 4.35. The molecule has 27 heavy (non-hydrogen) atoms. The van der Waals surface area contributed by atoms with Crippen LogP contribution in [-0.2, 0) is 6.54 Å². The first-order valence-electron chi connectivity index (χ1n) is 8.69. The van der Waals surface area contributed by atoms with Crippen LogP contribution in [0.2, 0.25) is 5.02 Å². The average molecular weight is 392 g/mol. The SMILES string of the molecule is N#Cc1ccc(-c2cccc(CN3CC(F)(F)[C@@]34CCNC4)c2Cl)cc1F. The molecule has 0 aromatic heterocycles. The highest BCUT2D eigenvalue weighted by Crippen LogP contribution is 2.49. The zero-order valence-corrected chi connectivity index (χ0v) is 15.2. The highest BCUT2D eigenvalue weighted by molar-refractivity contribution is 6.34. The van der Waals surface area contributed by atoms with Crippen molar-refractivity contribution in [1.82, 2.24) is 10.2 Å². The van der Waals surface area contributed by atoms with Crippen LogP contribution in [0.15, 0.2) is 36.4 Å². The predicted molar refractivity (Wildman–Crippen MR) is 97.1 cm³/mol. The molecule has 7 heteroatoms. The molecule has 3 nitrogen and oxygen atoms in total. The van der Waals surface area contributed by atoms with Gasteiger partial charge in [-0.25, -0.2) is 13.2 Å². The minimum Gasteiger partial charge on any atom is -0.315 e. The molecule has 0 radical (unpaired) electrons. The maximum absolute atomic E-state index is 14.2. The molecule has 0 saturated carbocycles. The molecule has 2 aromatic carbocycles. The number of nitrogens with one attached hydrogen (secondary N) is 1. The van der Waals surface area contributed by atoms with Crippen LogP contribution in [0.25, 0.3) is 11.1 Å². The van der Waals surface area contributed by atoms with Gasteiger partial charge in [0.2, 0.25) is 0 Å². The lowest BCUT2D eigenvalue weighted by Gasteiger charge is -2.56. The van der Waals surface area contributed by atoms with Gasteiger partial charge in [-0.15, -0.1) is 0 Å². The van der Waals surface area contributed by atoms with Crippen LogP contribution in [0.1, 0.15) is 17.5 Å². The average Bonchev–Trinajstić information content (AvgIpc) is 3.16. The van der Waals surface area contributed by atoms with E-state index in [4.69, 9.17) is 16.9 Å². The van der Waals surface area contributed by atoms with Crippen molar-refractivity contribution in [2.24, 2.45) is 0 Å². The van der Waals surface area contributed by atoms with Gasteiger partial charge in [0.15, 0.2) is 0 Å². The molecule has 2 aromatic rings. The maximum Gasteiger partial charge on any atom is 0.279 e. The molecule has 0 bridgehead atoms. The number of nitriles is 1. The lowest BCUT2D eigenvalue weighted by Crippen LogP contribution is -2.75. The Morgan fingerprint density at radius 3 is 2.70 bits per heavy atom. The summed E-state index contributed by atoms with van der Waals surface area (Å²) in [7, 11) is 0. The maximum atomic E-state index is 14.2. The number of alkyl halides is 2. The summed E-state index contributed by atoms with van der Waals surface area (Å²) in [6.45, 7) is 0.853. The lowest BCUT2D eigenvalue weighted by molar-refractivity contribution is -0.241. The van der Waals surface area contributed by atoms with E-state index in [0.717, 1.165) is 5.56 Å². The Labute approximate surface area is 160 Å². The molecule has 1 N–H and O–H groups in total. The van der Waals surface area contributed by atoms with E-state index < -0.39 is 17.3 Å². The second-order valence-corrected chi connectivity index (χ2v) is 7.48. The van der Waals surface area contributed by atoms with Crippen LogP contribution in [0.4, 0.5) is 13.2 Å². The van der Waals surface area contributed by atoms with Crippen LogP contribution in [0.5, 0.6) is 0 Å². The molecule has 0 amide bonds. The summed E-state index contributed by atoms with van der Waals surface area (Å²) in [5, 5.41) is 12.3. The fraction of sp³-hybridized carbons (Fsp3) is 0.350. The molecule has 0 unspecified atom stereocenters. The quantitative estimate of drug-likeness (QED) is 0.852. The molecule has 2 fully saturated rings. The Hall–Kier alpha value is -2.07. The van der Waals surface area contributed by atoms with Gasteiger partial charge in [0.25, 0.3) is 5.92 Å². The topological polar surface area (TPSA) is 39.1 Å². The van der Waals surface area contributed by atoms with E-state index in [-0.39, 0.29) is 18.7 Å². The standard InChI is InChI=1S/C20H17ClF3N3/c21-18-15(10-27-12-20(23,24)19(27)6-7-26-11-19)2-1-3-16(18)13-4-5-14(9-25)17(22)8-13/h1-5,8,26H,6-7,10-12H2/t19-/m0/s1. The first-order chi connectivity index (χ1) is 12.9. The number of hydrogen-bond donors (Lipinski definition) is 1. The fourth-order valence-electron chi connectivity index (χ4n) is 4.05. The largest absolute Gasteiger partial charge is 0.315 e.